The van der Waals surface area contributed by atoms with E-state index >= 15 is 0 Å². The van der Waals surface area contributed by atoms with Crippen molar-refractivity contribution >= 4 is 22.4 Å². The van der Waals surface area contributed by atoms with E-state index in [4.69, 9.17) is 4.74 Å². The number of hydrogen-bond acceptors (Lipinski definition) is 6. The van der Waals surface area contributed by atoms with Crippen LogP contribution in [-0.4, -0.2) is 37.3 Å². The summed E-state index contributed by atoms with van der Waals surface area (Å²) in [5.74, 6) is -0.263. The van der Waals surface area contributed by atoms with E-state index in [0.717, 1.165) is 30.5 Å². The van der Waals surface area contributed by atoms with Crippen LogP contribution < -0.4 is 5.32 Å². The Balaban J connectivity index is 1.88. The molecule has 0 bridgehead atoms. The van der Waals surface area contributed by atoms with Gasteiger partial charge in [-0.05, 0) is 6.42 Å². The maximum absolute atomic E-state index is 11.0. The lowest BCUT2D eigenvalue weighted by atomic mass is 10.3. The molecule has 1 aromatic rings. The van der Waals surface area contributed by atoms with Gasteiger partial charge in [-0.3, -0.25) is 4.79 Å². The average Bonchev–Trinajstić information content (AvgIpc) is 2.91. The van der Waals surface area contributed by atoms with Gasteiger partial charge in [0, 0.05) is 12.0 Å². The maximum Gasteiger partial charge on any atom is 0.311 e. The maximum atomic E-state index is 11.0. The van der Waals surface area contributed by atoms with Gasteiger partial charge in [-0.2, -0.15) is 0 Å². The van der Waals surface area contributed by atoms with Gasteiger partial charge in [0.2, 0.25) is 0 Å². The first-order valence-electron chi connectivity index (χ1n) is 5.13. The van der Waals surface area contributed by atoms with Crippen molar-refractivity contribution in [3.63, 3.8) is 0 Å². The van der Waals surface area contributed by atoms with Crippen LogP contribution in [0, 0.1) is 0 Å². The van der Waals surface area contributed by atoms with Gasteiger partial charge in [-0.15, -0.1) is 11.3 Å². The van der Waals surface area contributed by atoms with E-state index in [1.165, 1.54) is 18.4 Å². The number of nitrogens with zero attached hydrogens (tertiary/aromatic N) is 1. The number of esters is 1. The highest BCUT2D eigenvalue weighted by molar-refractivity contribution is 7.13. The molecule has 2 rings (SSSR count). The van der Waals surface area contributed by atoms with Crippen molar-refractivity contribution < 1.29 is 14.3 Å². The van der Waals surface area contributed by atoms with Crippen molar-refractivity contribution in [2.24, 2.45) is 0 Å². The molecule has 6 heteroatoms. The van der Waals surface area contributed by atoms with E-state index in [9.17, 15) is 4.79 Å². The van der Waals surface area contributed by atoms with Crippen molar-refractivity contribution in [3.8, 4) is 0 Å². The molecule has 0 aromatic carbocycles. The minimum Gasteiger partial charge on any atom is -0.469 e. The number of aromatic nitrogens is 1. The van der Waals surface area contributed by atoms with Gasteiger partial charge in [0.15, 0.2) is 5.13 Å². The number of nitrogens with one attached hydrogen (secondary N) is 1. The highest BCUT2D eigenvalue weighted by Gasteiger charge is 2.16. The second-order valence-corrected chi connectivity index (χ2v) is 4.46. The van der Waals surface area contributed by atoms with Crippen LogP contribution in [0.2, 0.25) is 0 Å². The van der Waals surface area contributed by atoms with Crippen LogP contribution in [0.25, 0.3) is 0 Å². The molecule has 0 spiro atoms. The predicted molar refractivity (Wildman–Crippen MR) is 60.7 cm³/mol. The fourth-order valence-corrected chi connectivity index (χ4v) is 2.29. The van der Waals surface area contributed by atoms with Crippen molar-refractivity contribution in [1.29, 1.82) is 0 Å². The fraction of sp³-hybridized carbons (Fsp3) is 0.600. The number of hydrogen-bond donors (Lipinski definition) is 1. The molecule has 2 heterocycles. The number of methoxy groups -OCH3 is 1. The summed E-state index contributed by atoms with van der Waals surface area (Å²) < 4.78 is 9.84. The Morgan fingerprint density at radius 2 is 2.69 bits per heavy atom. The Morgan fingerprint density at radius 3 is 3.38 bits per heavy atom. The quantitative estimate of drug-likeness (QED) is 0.800. The molecule has 1 unspecified atom stereocenters. The highest BCUT2D eigenvalue weighted by atomic mass is 32.1. The van der Waals surface area contributed by atoms with Gasteiger partial charge in [-0.1, -0.05) is 0 Å². The van der Waals surface area contributed by atoms with E-state index in [1.54, 1.807) is 0 Å². The van der Waals surface area contributed by atoms with Gasteiger partial charge < -0.3 is 14.8 Å². The number of thiazole rings is 1. The summed E-state index contributed by atoms with van der Waals surface area (Å²) in [6.07, 6.45) is 1.24. The van der Waals surface area contributed by atoms with E-state index in [1.807, 2.05) is 5.38 Å². The summed E-state index contributed by atoms with van der Waals surface area (Å²) in [5, 5.41) is 5.99. The summed E-state index contributed by atoms with van der Waals surface area (Å²) in [4.78, 5) is 15.3. The van der Waals surface area contributed by atoms with Crippen LogP contribution >= 0.6 is 11.3 Å². The Labute approximate surface area is 97.8 Å². The second kappa shape index (κ2) is 5.27. The minimum atomic E-state index is -0.263. The van der Waals surface area contributed by atoms with E-state index in [-0.39, 0.29) is 12.4 Å². The molecule has 0 amide bonds. The number of carbonyl (C=O) groups is 1. The molecule has 0 aliphatic carbocycles. The first kappa shape index (κ1) is 11.3. The van der Waals surface area contributed by atoms with Gasteiger partial charge >= 0.3 is 5.97 Å². The number of ether oxygens (including phenoxy) is 2. The molecular weight excluding hydrogens is 228 g/mol. The van der Waals surface area contributed by atoms with Crippen LogP contribution in [0.3, 0.4) is 0 Å². The molecule has 16 heavy (non-hydrogen) atoms. The lowest BCUT2D eigenvalue weighted by molar-refractivity contribution is -0.139. The van der Waals surface area contributed by atoms with Gasteiger partial charge in [0.25, 0.3) is 0 Å². The molecule has 1 aromatic heterocycles. The summed E-state index contributed by atoms with van der Waals surface area (Å²) in [5.41, 5.74) is 0.748. The van der Waals surface area contributed by atoms with Crippen LogP contribution in [0.5, 0.6) is 0 Å². The first-order valence-corrected chi connectivity index (χ1v) is 6.01. The molecule has 0 radical (unpaired) electrons. The van der Waals surface area contributed by atoms with Crippen LogP contribution in [-0.2, 0) is 20.7 Å². The standard InChI is InChI=1S/C10H14N2O3S/c1-14-9(13)4-8-6-16-10(12-8)11-7-2-3-15-5-7/h6-7H,2-5H2,1H3,(H,11,12). The molecule has 1 N–H and O–H groups in total. The topological polar surface area (TPSA) is 60.5 Å². The van der Waals surface area contributed by atoms with E-state index in [2.05, 4.69) is 15.0 Å². The number of carbonyl (C=O) groups excluding carboxylic acids is 1. The lowest BCUT2D eigenvalue weighted by Crippen LogP contribution is -2.18. The zero-order valence-electron chi connectivity index (χ0n) is 9.06. The first-order chi connectivity index (χ1) is 7.78. The minimum absolute atomic E-state index is 0.232. The third-order valence-corrected chi connectivity index (χ3v) is 3.18. The average molecular weight is 242 g/mol. The molecule has 1 saturated heterocycles. The zero-order chi connectivity index (χ0) is 11.4. The van der Waals surface area contributed by atoms with Crippen LogP contribution in [0.4, 0.5) is 5.13 Å². The highest BCUT2D eigenvalue weighted by Crippen LogP contribution is 2.19. The molecule has 1 aliphatic rings. The third-order valence-electron chi connectivity index (χ3n) is 2.36. The molecule has 0 saturated carbocycles. The molecule has 1 fully saturated rings. The summed E-state index contributed by atoms with van der Waals surface area (Å²) in [7, 11) is 1.38. The summed E-state index contributed by atoms with van der Waals surface area (Å²) in [6.45, 7) is 1.53. The summed E-state index contributed by atoms with van der Waals surface area (Å²) in [6, 6.07) is 0.345. The molecule has 1 aliphatic heterocycles. The molecular formula is C10H14N2O3S. The van der Waals surface area contributed by atoms with E-state index < -0.39 is 0 Å². The van der Waals surface area contributed by atoms with Crippen molar-refractivity contribution in [1.82, 2.24) is 4.98 Å². The SMILES string of the molecule is COC(=O)Cc1csc(NC2CCOC2)n1. The number of rotatable bonds is 4. The van der Waals surface area contributed by atoms with Gasteiger partial charge in [0.05, 0.1) is 31.9 Å². The monoisotopic (exact) mass is 242 g/mol. The molecule has 1 atom stereocenters. The Hall–Kier alpha value is -1.14. The van der Waals surface area contributed by atoms with Crippen LogP contribution in [0.1, 0.15) is 12.1 Å². The normalized spacial score (nSPS) is 19.7. The second-order valence-electron chi connectivity index (χ2n) is 3.60. The summed E-state index contributed by atoms with van der Waals surface area (Å²) >= 11 is 1.50. The van der Waals surface area contributed by atoms with E-state index in [0.29, 0.717) is 6.04 Å². The Bertz CT molecular complexity index is 361. The van der Waals surface area contributed by atoms with Gasteiger partial charge in [-0.25, -0.2) is 4.98 Å². The number of anilines is 1. The van der Waals surface area contributed by atoms with Crippen molar-refractivity contribution in [2.75, 3.05) is 25.6 Å². The zero-order valence-corrected chi connectivity index (χ0v) is 9.88. The third kappa shape index (κ3) is 2.93. The lowest BCUT2D eigenvalue weighted by Gasteiger charge is -2.07. The molecule has 88 valence electrons. The largest absolute Gasteiger partial charge is 0.469 e. The van der Waals surface area contributed by atoms with Crippen molar-refractivity contribution in [3.05, 3.63) is 11.1 Å². The molecule has 5 nitrogen and oxygen atoms in total. The fourth-order valence-electron chi connectivity index (χ4n) is 1.50. The predicted octanol–water partition coefficient (Wildman–Crippen LogP) is 1.06. The van der Waals surface area contributed by atoms with Gasteiger partial charge in [0.1, 0.15) is 0 Å². The Morgan fingerprint density at radius 1 is 1.81 bits per heavy atom. The smallest absolute Gasteiger partial charge is 0.311 e. The van der Waals surface area contributed by atoms with Crippen molar-refractivity contribution in [2.45, 2.75) is 18.9 Å². The Kier molecular flexibility index (Phi) is 3.74. The van der Waals surface area contributed by atoms with Crippen LogP contribution in [0.15, 0.2) is 5.38 Å².